The van der Waals surface area contributed by atoms with Gasteiger partial charge >= 0.3 is 0 Å². The van der Waals surface area contributed by atoms with Crippen LogP contribution in [0.25, 0.3) is 0 Å². The molecule has 2 rings (SSSR count). The van der Waals surface area contributed by atoms with Gasteiger partial charge in [0.15, 0.2) is 5.82 Å². The predicted molar refractivity (Wildman–Crippen MR) is 72.5 cm³/mol. The van der Waals surface area contributed by atoms with E-state index in [4.69, 9.17) is 28.9 Å². The van der Waals surface area contributed by atoms with Crippen LogP contribution in [0, 0.1) is 0 Å². The number of nitrogens with zero attached hydrogens (tertiary/aromatic N) is 2. The first-order valence-electron chi connectivity index (χ1n) is 4.80. The van der Waals surface area contributed by atoms with Crippen LogP contribution in [0.3, 0.4) is 0 Å². The molecule has 17 heavy (non-hydrogen) atoms. The summed E-state index contributed by atoms with van der Waals surface area (Å²) in [5, 5.41) is 2.05. The number of rotatable bonds is 3. The Bertz CT molecular complexity index is 534. The van der Waals surface area contributed by atoms with Crippen LogP contribution in [0.5, 0.6) is 0 Å². The summed E-state index contributed by atoms with van der Waals surface area (Å²) in [4.78, 5) is 8.11. The van der Waals surface area contributed by atoms with Gasteiger partial charge in [-0.05, 0) is 23.8 Å². The molecule has 6 heteroatoms. The van der Waals surface area contributed by atoms with Crippen molar-refractivity contribution in [3.05, 3.63) is 46.2 Å². The Morgan fingerprint density at radius 2 is 1.94 bits per heavy atom. The van der Waals surface area contributed by atoms with Crippen LogP contribution in [0.4, 0.5) is 5.82 Å². The van der Waals surface area contributed by atoms with Crippen molar-refractivity contribution in [1.82, 2.24) is 9.97 Å². The lowest BCUT2D eigenvalue weighted by Crippen LogP contribution is -1.95. The average molecular weight is 286 g/mol. The molecule has 0 aliphatic carbocycles. The quantitative estimate of drug-likeness (QED) is 0.875. The molecule has 0 fully saturated rings. The highest BCUT2D eigenvalue weighted by Crippen LogP contribution is 2.29. The molecule has 0 bridgehead atoms. The Morgan fingerprint density at radius 3 is 2.71 bits per heavy atom. The van der Waals surface area contributed by atoms with Crippen molar-refractivity contribution in [2.24, 2.45) is 0 Å². The maximum atomic E-state index is 6.06. The van der Waals surface area contributed by atoms with E-state index in [9.17, 15) is 0 Å². The fraction of sp³-hybridized carbons (Fsp3) is 0.0909. The summed E-state index contributed by atoms with van der Waals surface area (Å²) in [6, 6.07) is 5.37. The van der Waals surface area contributed by atoms with E-state index in [0.29, 0.717) is 26.6 Å². The van der Waals surface area contributed by atoms with Crippen molar-refractivity contribution < 1.29 is 0 Å². The van der Waals surface area contributed by atoms with Gasteiger partial charge in [0.05, 0.1) is 0 Å². The molecule has 0 saturated heterocycles. The summed E-state index contributed by atoms with van der Waals surface area (Å²) < 4.78 is 0. The summed E-state index contributed by atoms with van der Waals surface area (Å²) >= 11 is 13.5. The number of anilines is 1. The standard InChI is InChI=1S/C11H9Cl2N3S/c12-8-1-2-9(13)7(5-8)6-17-11-10(14)15-3-4-16-11/h1-5H,6H2,(H2,14,15). The Balaban J connectivity index is 2.12. The van der Waals surface area contributed by atoms with Gasteiger partial charge in [-0.2, -0.15) is 0 Å². The molecule has 2 aromatic rings. The number of benzene rings is 1. The van der Waals surface area contributed by atoms with Gasteiger partial charge in [0.2, 0.25) is 0 Å². The van der Waals surface area contributed by atoms with E-state index < -0.39 is 0 Å². The van der Waals surface area contributed by atoms with Gasteiger partial charge in [-0.3, -0.25) is 0 Å². The largest absolute Gasteiger partial charge is 0.381 e. The van der Waals surface area contributed by atoms with E-state index in [-0.39, 0.29) is 0 Å². The number of nitrogen functional groups attached to an aromatic ring is 1. The van der Waals surface area contributed by atoms with E-state index in [1.54, 1.807) is 24.5 Å². The second kappa shape index (κ2) is 5.58. The molecule has 0 aliphatic heterocycles. The number of thioether (sulfide) groups is 1. The molecular formula is C11H9Cl2N3S. The number of aromatic nitrogens is 2. The van der Waals surface area contributed by atoms with Crippen LogP contribution < -0.4 is 5.73 Å². The minimum Gasteiger partial charge on any atom is -0.381 e. The summed E-state index contributed by atoms with van der Waals surface area (Å²) in [6.45, 7) is 0. The zero-order valence-electron chi connectivity index (χ0n) is 8.73. The van der Waals surface area contributed by atoms with Crippen molar-refractivity contribution in [1.29, 1.82) is 0 Å². The Kier molecular flexibility index (Phi) is 4.10. The summed E-state index contributed by atoms with van der Waals surface area (Å²) in [7, 11) is 0. The van der Waals surface area contributed by atoms with Crippen LogP contribution >= 0.6 is 35.0 Å². The third-order valence-corrected chi connectivity index (χ3v) is 3.71. The molecule has 1 aromatic heterocycles. The molecule has 0 aliphatic rings. The molecule has 0 radical (unpaired) electrons. The highest BCUT2D eigenvalue weighted by Gasteiger charge is 2.06. The third-order valence-electron chi connectivity index (χ3n) is 2.06. The van der Waals surface area contributed by atoms with Crippen LogP contribution in [0.15, 0.2) is 35.6 Å². The van der Waals surface area contributed by atoms with Gasteiger partial charge in [0, 0.05) is 28.2 Å². The van der Waals surface area contributed by atoms with Crippen molar-refractivity contribution >= 4 is 40.8 Å². The molecule has 88 valence electrons. The van der Waals surface area contributed by atoms with Gasteiger partial charge in [-0.25, -0.2) is 9.97 Å². The highest BCUT2D eigenvalue weighted by molar-refractivity contribution is 7.98. The molecule has 1 aromatic carbocycles. The monoisotopic (exact) mass is 285 g/mol. The van der Waals surface area contributed by atoms with Crippen molar-refractivity contribution in [2.45, 2.75) is 10.8 Å². The predicted octanol–water partition coefficient (Wildman–Crippen LogP) is 3.66. The molecule has 0 saturated carbocycles. The van der Waals surface area contributed by atoms with Crippen LogP contribution in [0.2, 0.25) is 10.0 Å². The minimum atomic E-state index is 0.427. The van der Waals surface area contributed by atoms with E-state index in [2.05, 4.69) is 9.97 Å². The second-order valence-electron chi connectivity index (χ2n) is 3.27. The lowest BCUT2D eigenvalue weighted by molar-refractivity contribution is 1.07. The molecular weight excluding hydrogens is 277 g/mol. The molecule has 0 atom stereocenters. The smallest absolute Gasteiger partial charge is 0.156 e. The van der Waals surface area contributed by atoms with Crippen LogP contribution in [-0.2, 0) is 5.75 Å². The van der Waals surface area contributed by atoms with E-state index >= 15 is 0 Å². The highest BCUT2D eigenvalue weighted by atomic mass is 35.5. The van der Waals surface area contributed by atoms with Crippen molar-refractivity contribution in [2.75, 3.05) is 5.73 Å². The maximum absolute atomic E-state index is 6.06. The molecule has 3 nitrogen and oxygen atoms in total. The Labute approximate surface area is 113 Å². The zero-order valence-corrected chi connectivity index (χ0v) is 11.1. The minimum absolute atomic E-state index is 0.427. The normalized spacial score (nSPS) is 10.5. The molecule has 0 unspecified atom stereocenters. The molecule has 1 heterocycles. The van der Waals surface area contributed by atoms with E-state index in [1.807, 2.05) is 6.07 Å². The van der Waals surface area contributed by atoms with Gasteiger partial charge < -0.3 is 5.73 Å². The Hall–Kier alpha value is -0.970. The number of halogens is 2. The van der Waals surface area contributed by atoms with Gasteiger partial charge in [-0.1, -0.05) is 35.0 Å². The lowest BCUT2D eigenvalue weighted by atomic mass is 10.2. The Morgan fingerprint density at radius 1 is 1.18 bits per heavy atom. The topological polar surface area (TPSA) is 51.8 Å². The van der Waals surface area contributed by atoms with E-state index in [0.717, 1.165) is 5.56 Å². The van der Waals surface area contributed by atoms with Crippen molar-refractivity contribution in [3.63, 3.8) is 0 Å². The second-order valence-corrected chi connectivity index (χ2v) is 5.08. The number of nitrogens with two attached hydrogens (primary N) is 1. The molecule has 0 spiro atoms. The first kappa shape index (κ1) is 12.5. The maximum Gasteiger partial charge on any atom is 0.156 e. The number of hydrogen-bond donors (Lipinski definition) is 1. The number of hydrogen-bond acceptors (Lipinski definition) is 4. The summed E-state index contributed by atoms with van der Waals surface area (Å²) in [5.41, 5.74) is 6.65. The average Bonchev–Trinajstić information content (AvgIpc) is 2.32. The van der Waals surface area contributed by atoms with Crippen molar-refractivity contribution in [3.8, 4) is 0 Å². The van der Waals surface area contributed by atoms with Crippen LogP contribution in [-0.4, -0.2) is 9.97 Å². The zero-order chi connectivity index (χ0) is 12.3. The van der Waals surface area contributed by atoms with Gasteiger partial charge in [0.25, 0.3) is 0 Å². The van der Waals surface area contributed by atoms with Crippen LogP contribution in [0.1, 0.15) is 5.56 Å². The van der Waals surface area contributed by atoms with Gasteiger partial charge in [-0.15, -0.1) is 0 Å². The first-order chi connectivity index (χ1) is 8.16. The summed E-state index contributed by atoms with van der Waals surface area (Å²) in [5.74, 6) is 1.08. The SMILES string of the molecule is Nc1nccnc1SCc1cc(Cl)ccc1Cl. The first-order valence-corrected chi connectivity index (χ1v) is 6.54. The lowest BCUT2D eigenvalue weighted by Gasteiger charge is -2.05. The van der Waals surface area contributed by atoms with Gasteiger partial charge in [0.1, 0.15) is 5.03 Å². The fourth-order valence-electron chi connectivity index (χ4n) is 1.25. The molecule has 2 N–H and O–H groups in total. The van der Waals surface area contributed by atoms with E-state index in [1.165, 1.54) is 11.8 Å². The molecule has 0 amide bonds. The summed E-state index contributed by atoms with van der Waals surface area (Å²) in [6.07, 6.45) is 3.17. The third kappa shape index (κ3) is 3.25. The fourth-order valence-corrected chi connectivity index (χ4v) is 2.57.